The molecule has 2 aliphatic heterocycles. The summed E-state index contributed by atoms with van der Waals surface area (Å²) < 4.78 is 0. The van der Waals surface area contributed by atoms with Crippen molar-refractivity contribution in [2.75, 3.05) is 25.4 Å². The van der Waals surface area contributed by atoms with Crippen molar-refractivity contribution in [3.05, 3.63) is 29.3 Å². The van der Waals surface area contributed by atoms with Gasteiger partial charge in [0.15, 0.2) is 0 Å². The third kappa shape index (κ3) is 2.35. The van der Waals surface area contributed by atoms with Gasteiger partial charge < -0.3 is 15.5 Å². The number of hydrogen-bond acceptors (Lipinski definition) is 3. The van der Waals surface area contributed by atoms with Crippen molar-refractivity contribution in [2.24, 2.45) is 0 Å². The lowest BCUT2D eigenvalue weighted by Gasteiger charge is -2.28. The zero-order valence-electron chi connectivity index (χ0n) is 11.5. The van der Waals surface area contributed by atoms with E-state index in [0.717, 1.165) is 31.5 Å². The third-order valence-corrected chi connectivity index (χ3v) is 4.05. The maximum atomic E-state index is 12.3. The standard InChI is InChI=1S/C15H19N3O2/c16-12-5-4-11-9-18(15(20)13(11)8-12)10-14(19)17-6-2-1-3-7-17/h4-5,8H,1-3,6-7,9-10,16H2. The van der Waals surface area contributed by atoms with Crippen molar-refractivity contribution in [3.63, 3.8) is 0 Å². The minimum atomic E-state index is -0.0855. The Morgan fingerprint density at radius 1 is 1.20 bits per heavy atom. The molecule has 106 valence electrons. The van der Waals surface area contributed by atoms with Crippen LogP contribution < -0.4 is 5.73 Å². The predicted octanol–water partition coefficient (Wildman–Crippen LogP) is 1.24. The van der Waals surface area contributed by atoms with Crippen LogP contribution in [0.15, 0.2) is 18.2 Å². The third-order valence-electron chi connectivity index (χ3n) is 4.05. The fraction of sp³-hybridized carbons (Fsp3) is 0.467. The van der Waals surface area contributed by atoms with E-state index in [9.17, 15) is 9.59 Å². The van der Waals surface area contributed by atoms with E-state index in [-0.39, 0.29) is 18.4 Å². The van der Waals surface area contributed by atoms with E-state index in [1.807, 2.05) is 11.0 Å². The van der Waals surface area contributed by atoms with Crippen LogP contribution in [0, 0.1) is 0 Å². The molecule has 20 heavy (non-hydrogen) atoms. The molecule has 5 heteroatoms. The van der Waals surface area contributed by atoms with Gasteiger partial charge in [-0.1, -0.05) is 6.07 Å². The molecule has 0 aliphatic carbocycles. The number of piperidine rings is 1. The van der Waals surface area contributed by atoms with Crippen molar-refractivity contribution in [2.45, 2.75) is 25.8 Å². The summed E-state index contributed by atoms with van der Waals surface area (Å²) in [5.41, 5.74) is 7.89. The Labute approximate surface area is 118 Å². The van der Waals surface area contributed by atoms with E-state index in [4.69, 9.17) is 5.73 Å². The molecule has 0 bridgehead atoms. The Morgan fingerprint density at radius 2 is 1.95 bits per heavy atom. The first-order valence-corrected chi connectivity index (χ1v) is 7.10. The predicted molar refractivity (Wildman–Crippen MR) is 76.0 cm³/mol. The number of rotatable bonds is 2. The van der Waals surface area contributed by atoms with Gasteiger partial charge in [-0.3, -0.25) is 9.59 Å². The molecule has 0 unspecified atom stereocenters. The van der Waals surface area contributed by atoms with E-state index in [0.29, 0.717) is 17.8 Å². The number of fused-ring (bicyclic) bond motifs is 1. The summed E-state index contributed by atoms with van der Waals surface area (Å²) in [6.45, 7) is 2.32. The first-order valence-electron chi connectivity index (χ1n) is 7.10. The van der Waals surface area contributed by atoms with E-state index in [2.05, 4.69) is 0 Å². The monoisotopic (exact) mass is 273 g/mol. The molecule has 1 aromatic rings. The normalized spacial score (nSPS) is 18.3. The van der Waals surface area contributed by atoms with Gasteiger partial charge in [-0.2, -0.15) is 0 Å². The highest BCUT2D eigenvalue weighted by molar-refractivity contribution is 6.00. The van der Waals surface area contributed by atoms with Gasteiger partial charge in [0, 0.05) is 30.9 Å². The topological polar surface area (TPSA) is 66.6 Å². The maximum absolute atomic E-state index is 12.3. The van der Waals surface area contributed by atoms with Gasteiger partial charge in [0.05, 0.1) is 0 Å². The summed E-state index contributed by atoms with van der Waals surface area (Å²) in [6, 6.07) is 5.36. The van der Waals surface area contributed by atoms with Crippen LogP contribution in [0.5, 0.6) is 0 Å². The highest BCUT2D eigenvalue weighted by Gasteiger charge is 2.30. The van der Waals surface area contributed by atoms with Gasteiger partial charge in [-0.15, -0.1) is 0 Å². The van der Waals surface area contributed by atoms with Crippen LogP contribution in [0.3, 0.4) is 0 Å². The molecular formula is C15H19N3O2. The van der Waals surface area contributed by atoms with Gasteiger partial charge in [0.25, 0.3) is 5.91 Å². The smallest absolute Gasteiger partial charge is 0.255 e. The van der Waals surface area contributed by atoms with Crippen LogP contribution in [0.2, 0.25) is 0 Å². The Balaban J connectivity index is 1.68. The van der Waals surface area contributed by atoms with Crippen molar-refractivity contribution >= 4 is 17.5 Å². The summed E-state index contributed by atoms with van der Waals surface area (Å²) >= 11 is 0. The van der Waals surface area contributed by atoms with Crippen LogP contribution in [0.4, 0.5) is 5.69 Å². The molecular weight excluding hydrogens is 254 g/mol. The first-order chi connectivity index (χ1) is 9.65. The number of anilines is 1. The lowest BCUT2D eigenvalue weighted by Crippen LogP contribution is -2.42. The van der Waals surface area contributed by atoms with Gasteiger partial charge in [-0.05, 0) is 37.0 Å². The molecule has 0 saturated carbocycles. The lowest BCUT2D eigenvalue weighted by atomic mass is 10.1. The molecule has 0 radical (unpaired) electrons. The molecule has 1 fully saturated rings. The van der Waals surface area contributed by atoms with Crippen LogP contribution in [0.25, 0.3) is 0 Å². The van der Waals surface area contributed by atoms with Gasteiger partial charge in [-0.25, -0.2) is 0 Å². The summed E-state index contributed by atoms with van der Waals surface area (Å²) in [4.78, 5) is 28.0. The molecule has 2 amide bonds. The molecule has 2 heterocycles. The van der Waals surface area contributed by atoms with Crippen LogP contribution in [-0.2, 0) is 11.3 Å². The van der Waals surface area contributed by atoms with E-state index in [1.165, 1.54) is 6.42 Å². The molecule has 1 aromatic carbocycles. The number of nitrogens with two attached hydrogens (primary N) is 1. The number of nitrogens with zero attached hydrogens (tertiary/aromatic N) is 2. The maximum Gasteiger partial charge on any atom is 0.255 e. The van der Waals surface area contributed by atoms with Crippen LogP contribution in [-0.4, -0.2) is 41.2 Å². The lowest BCUT2D eigenvalue weighted by molar-refractivity contribution is -0.132. The largest absolute Gasteiger partial charge is 0.399 e. The zero-order valence-corrected chi connectivity index (χ0v) is 11.5. The van der Waals surface area contributed by atoms with Gasteiger partial charge in [0.2, 0.25) is 5.91 Å². The van der Waals surface area contributed by atoms with Crippen LogP contribution >= 0.6 is 0 Å². The van der Waals surface area contributed by atoms with Crippen molar-refractivity contribution in [3.8, 4) is 0 Å². The van der Waals surface area contributed by atoms with E-state index < -0.39 is 0 Å². The molecule has 0 atom stereocenters. The minimum Gasteiger partial charge on any atom is -0.399 e. The van der Waals surface area contributed by atoms with Crippen molar-refractivity contribution in [1.82, 2.24) is 9.80 Å². The van der Waals surface area contributed by atoms with Crippen LogP contribution in [0.1, 0.15) is 35.2 Å². The Morgan fingerprint density at radius 3 is 2.70 bits per heavy atom. The van der Waals surface area contributed by atoms with Crippen molar-refractivity contribution < 1.29 is 9.59 Å². The number of benzene rings is 1. The quantitative estimate of drug-likeness (QED) is 0.824. The summed E-state index contributed by atoms with van der Waals surface area (Å²) in [6.07, 6.45) is 3.32. The number of hydrogen-bond donors (Lipinski definition) is 1. The average Bonchev–Trinajstić information content (AvgIpc) is 2.76. The number of carbonyl (C=O) groups excluding carboxylic acids is 2. The first kappa shape index (κ1) is 13.0. The number of carbonyl (C=O) groups is 2. The molecule has 3 rings (SSSR count). The Bertz CT molecular complexity index is 550. The molecule has 2 aliphatic rings. The summed E-state index contributed by atoms with van der Waals surface area (Å²) in [5.74, 6) is -0.0310. The summed E-state index contributed by atoms with van der Waals surface area (Å²) in [7, 11) is 0. The van der Waals surface area contributed by atoms with E-state index >= 15 is 0 Å². The number of nitrogen functional groups attached to an aromatic ring is 1. The SMILES string of the molecule is Nc1ccc2c(c1)C(=O)N(CC(=O)N1CCCCC1)C2. The summed E-state index contributed by atoms with van der Waals surface area (Å²) in [5, 5.41) is 0. The second-order valence-electron chi connectivity index (χ2n) is 5.52. The highest BCUT2D eigenvalue weighted by Crippen LogP contribution is 2.24. The second kappa shape index (κ2) is 5.15. The molecule has 2 N–H and O–H groups in total. The Kier molecular flexibility index (Phi) is 3.34. The molecule has 0 spiro atoms. The van der Waals surface area contributed by atoms with Gasteiger partial charge in [0.1, 0.15) is 6.54 Å². The molecule has 5 nitrogen and oxygen atoms in total. The molecule has 0 aromatic heterocycles. The zero-order chi connectivity index (χ0) is 14.1. The highest BCUT2D eigenvalue weighted by atomic mass is 16.2. The number of likely N-dealkylation sites (tertiary alicyclic amines) is 1. The van der Waals surface area contributed by atoms with Gasteiger partial charge >= 0.3 is 0 Å². The fourth-order valence-corrected chi connectivity index (χ4v) is 2.91. The minimum absolute atomic E-state index is 0.0545. The second-order valence-corrected chi connectivity index (χ2v) is 5.52. The van der Waals surface area contributed by atoms with E-state index in [1.54, 1.807) is 17.0 Å². The fourth-order valence-electron chi connectivity index (χ4n) is 2.91. The average molecular weight is 273 g/mol. The van der Waals surface area contributed by atoms with Crippen molar-refractivity contribution in [1.29, 1.82) is 0 Å². The molecule has 1 saturated heterocycles. The number of amides is 2. The Hall–Kier alpha value is -2.04.